The van der Waals surface area contributed by atoms with Crippen molar-refractivity contribution in [1.82, 2.24) is 15.5 Å². The number of nitrogens with zero attached hydrogens (tertiary/aromatic N) is 2. The average Bonchev–Trinajstić information content (AvgIpc) is 3.17. The number of guanidine groups is 1. The third kappa shape index (κ3) is 7.43. The highest BCUT2D eigenvalue weighted by molar-refractivity contribution is 7.91. The van der Waals surface area contributed by atoms with Gasteiger partial charge in [-0.3, -0.25) is 9.89 Å². The van der Waals surface area contributed by atoms with Crippen molar-refractivity contribution in [2.24, 2.45) is 10.9 Å². The van der Waals surface area contributed by atoms with Gasteiger partial charge >= 0.3 is 0 Å². The second-order valence-electron chi connectivity index (χ2n) is 7.13. The zero-order valence-electron chi connectivity index (χ0n) is 16.8. The lowest BCUT2D eigenvalue weighted by molar-refractivity contribution is 0.143. The molecule has 27 heavy (non-hydrogen) atoms. The number of sulfone groups is 1. The predicted octanol–water partition coefficient (Wildman–Crippen LogP) is 2.51. The summed E-state index contributed by atoms with van der Waals surface area (Å²) in [6.07, 6.45) is 2.47. The number of piperidine rings is 1. The molecule has 1 saturated heterocycles. The molecular weight excluding hydrogens is 380 g/mol. The van der Waals surface area contributed by atoms with Crippen LogP contribution in [0.5, 0.6) is 0 Å². The molecule has 0 bridgehead atoms. The Balaban J connectivity index is 2.02. The van der Waals surface area contributed by atoms with E-state index in [9.17, 15) is 8.42 Å². The molecule has 6 nitrogen and oxygen atoms in total. The quantitative estimate of drug-likeness (QED) is 0.480. The van der Waals surface area contributed by atoms with Crippen molar-refractivity contribution in [1.29, 1.82) is 0 Å². The minimum atomic E-state index is -2.97. The summed E-state index contributed by atoms with van der Waals surface area (Å²) in [5.41, 5.74) is 0. The van der Waals surface area contributed by atoms with Crippen LogP contribution in [-0.4, -0.2) is 63.5 Å². The normalized spacial score (nSPS) is 18.4. The first-order valence-electron chi connectivity index (χ1n) is 9.95. The van der Waals surface area contributed by atoms with Crippen LogP contribution in [0.15, 0.2) is 22.5 Å². The Labute approximate surface area is 168 Å². The van der Waals surface area contributed by atoms with E-state index in [0.717, 1.165) is 25.6 Å². The first-order valence-corrected chi connectivity index (χ1v) is 12.6. The average molecular weight is 415 g/mol. The number of likely N-dealkylation sites (tertiary alicyclic amines) is 1. The van der Waals surface area contributed by atoms with Gasteiger partial charge < -0.3 is 10.6 Å². The van der Waals surface area contributed by atoms with Gasteiger partial charge in [-0.15, -0.1) is 11.3 Å². The summed E-state index contributed by atoms with van der Waals surface area (Å²) < 4.78 is 23.4. The summed E-state index contributed by atoms with van der Waals surface area (Å²) in [7, 11) is -2.97. The van der Waals surface area contributed by atoms with E-state index in [1.165, 1.54) is 17.7 Å². The molecule has 1 aromatic heterocycles. The Morgan fingerprint density at radius 1 is 1.33 bits per heavy atom. The van der Waals surface area contributed by atoms with E-state index in [1.54, 1.807) is 18.3 Å². The number of thiophene rings is 1. The number of aliphatic imine (C=N–C) groups is 1. The monoisotopic (exact) mass is 414 g/mol. The van der Waals surface area contributed by atoms with E-state index in [-0.39, 0.29) is 17.5 Å². The summed E-state index contributed by atoms with van der Waals surface area (Å²) in [5, 5.41) is 8.52. The second-order valence-corrected chi connectivity index (χ2v) is 10.6. The van der Waals surface area contributed by atoms with Gasteiger partial charge in [-0.1, -0.05) is 19.9 Å². The fraction of sp³-hybridized carbons (Fsp3) is 0.737. The molecule has 1 unspecified atom stereocenters. The maximum Gasteiger partial charge on any atom is 0.191 e. The summed E-state index contributed by atoms with van der Waals surface area (Å²) in [6, 6.07) is 4.58. The zero-order valence-corrected chi connectivity index (χ0v) is 18.4. The van der Waals surface area contributed by atoms with Crippen molar-refractivity contribution in [3.05, 3.63) is 22.4 Å². The van der Waals surface area contributed by atoms with E-state index in [2.05, 4.69) is 40.0 Å². The fourth-order valence-electron chi connectivity index (χ4n) is 3.20. The SMILES string of the molecule is CCNC(=NCC(c1cccs1)N1CCC(C)CC1)NCCS(=O)(=O)CC. The van der Waals surface area contributed by atoms with Gasteiger partial charge in [0.25, 0.3) is 0 Å². The minimum Gasteiger partial charge on any atom is -0.357 e. The van der Waals surface area contributed by atoms with E-state index >= 15 is 0 Å². The molecular formula is C19H34N4O2S2. The van der Waals surface area contributed by atoms with Crippen molar-refractivity contribution in [3.8, 4) is 0 Å². The minimum absolute atomic E-state index is 0.131. The van der Waals surface area contributed by atoms with E-state index in [1.807, 2.05) is 6.92 Å². The lowest BCUT2D eigenvalue weighted by Crippen LogP contribution is -2.41. The van der Waals surface area contributed by atoms with Gasteiger partial charge in [0.05, 0.1) is 18.3 Å². The fourth-order valence-corrected chi connectivity index (χ4v) is 4.75. The third-order valence-corrected chi connectivity index (χ3v) is 7.72. The van der Waals surface area contributed by atoms with Gasteiger partial charge in [0.1, 0.15) is 0 Å². The molecule has 0 amide bonds. The highest BCUT2D eigenvalue weighted by Gasteiger charge is 2.25. The summed E-state index contributed by atoms with van der Waals surface area (Å²) >= 11 is 1.78. The summed E-state index contributed by atoms with van der Waals surface area (Å²) in [6.45, 7) is 10.0. The predicted molar refractivity (Wildman–Crippen MR) is 115 cm³/mol. The number of hydrogen-bond donors (Lipinski definition) is 2. The van der Waals surface area contributed by atoms with Crippen molar-refractivity contribution < 1.29 is 8.42 Å². The van der Waals surface area contributed by atoms with Crippen LogP contribution in [0.25, 0.3) is 0 Å². The molecule has 0 radical (unpaired) electrons. The van der Waals surface area contributed by atoms with Crippen molar-refractivity contribution in [2.45, 2.75) is 39.7 Å². The maximum atomic E-state index is 11.7. The Bertz CT molecular complexity index is 666. The Hall–Kier alpha value is -1.12. The Kier molecular flexibility index (Phi) is 9.05. The van der Waals surface area contributed by atoms with Gasteiger partial charge in [0, 0.05) is 23.7 Å². The second kappa shape index (κ2) is 11.0. The van der Waals surface area contributed by atoms with Gasteiger partial charge in [-0.05, 0) is 50.2 Å². The molecule has 1 fully saturated rings. The van der Waals surface area contributed by atoms with Gasteiger partial charge in [0.2, 0.25) is 0 Å². The molecule has 1 atom stereocenters. The molecule has 1 aromatic rings. The van der Waals surface area contributed by atoms with E-state index < -0.39 is 9.84 Å². The first-order chi connectivity index (χ1) is 12.9. The van der Waals surface area contributed by atoms with Gasteiger partial charge in [-0.2, -0.15) is 0 Å². The topological polar surface area (TPSA) is 73.8 Å². The number of rotatable bonds is 9. The highest BCUT2D eigenvalue weighted by atomic mass is 32.2. The first kappa shape index (κ1) is 22.2. The van der Waals surface area contributed by atoms with Crippen LogP contribution in [0, 0.1) is 5.92 Å². The molecule has 0 saturated carbocycles. The largest absolute Gasteiger partial charge is 0.357 e. The van der Waals surface area contributed by atoms with Crippen LogP contribution in [0.1, 0.15) is 44.5 Å². The molecule has 2 N–H and O–H groups in total. The van der Waals surface area contributed by atoms with Crippen LogP contribution in [0.2, 0.25) is 0 Å². The molecule has 0 aromatic carbocycles. The molecule has 2 heterocycles. The van der Waals surface area contributed by atoms with Crippen molar-refractivity contribution in [3.63, 3.8) is 0 Å². The molecule has 2 rings (SSSR count). The van der Waals surface area contributed by atoms with Gasteiger partial charge in [-0.25, -0.2) is 8.42 Å². The Morgan fingerprint density at radius 3 is 2.67 bits per heavy atom. The van der Waals surface area contributed by atoms with E-state index in [4.69, 9.17) is 4.99 Å². The standard InChI is InChI=1S/C19H34N4O2S2/c1-4-20-19(21-10-14-27(24,25)5-2)22-15-17(18-7-6-13-26-18)23-11-8-16(3)9-12-23/h6-7,13,16-17H,4-5,8-12,14-15H2,1-3H3,(H2,20,21,22). The highest BCUT2D eigenvalue weighted by Crippen LogP contribution is 2.29. The van der Waals surface area contributed by atoms with E-state index in [0.29, 0.717) is 19.0 Å². The molecule has 0 aliphatic carbocycles. The maximum absolute atomic E-state index is 11.7. The third-order valence-electron chi connectivity index (χ3n) is 5.04. The molecule has 1 aliphatic heterocycles. The molecule has 8 heteroatoms. The van der Waals surface area contributed by atoms with Gasteiger partial charge in [0.15, 0.2) is 15.8 Å². The van der Waals surface area contributed by atoms with Crippen LogP contribution in [0.3, 0.4) is 0 Å². The summed E-state index contributed by atoms with van der Waals surface area (Å²) in [4.78, 5) is 8.66. The lowest BCUT2D eigenvalue weighted by Gasteiger charge is -2.35. The lowest BCUT2D eigenvalue weighted by atomic mass is 9.97. The smallest absolute Gasteiger partial charge is 0.191 e. The number of nitrogens with one attached hydrogen (secondary N) is 2. The zero-order chi connectivity index (χ0) is 19.7. The van der Waals surface area contributed by atoms with Crippen molar-refractivity contribution in [2.75, 3.05) is 44.2 Å². The van der Waals surface area contributed by atoms with Crippen LogP contribution in [0.4, 0.5) is 0 Å². The molecule has 0 spiro atoms. The molecule has 154 valence electrons. The van der Waals surface area contributed by atoms with Crippen molar-refractivity contribution >= 4 is 27.1 Å². The van der Waals surface area contributed by atoms with Crippen LogP contribution < -0.4 is 10.6 Å². The molecule has 1 aliphatic rings. The Morgan fingerprint density at radius 2 is 2.07 bits per heavy atom. The van der Waals surface area contributed by atoms with Crippen LogP contribution >= 0.6 is 11.3 Å². The van der Waals surface area contributed by atoms with Crippen LogP contribution in [-0.2, 0) is 9.84 Å². The summed E-state index contributed by atoms with van der Waals surface area (Å²) in [5.74, 6) is 1.80. The number of hydrogen-bond acceptors (Lipinski definition) is 5.